The molecule has 7 heteroatoms. The van der Waals surface area contributed by atoms with E-state index in [9.17, 15) is 9.59 Å². The number of thioether (sulfide) groups is 1. The van der Waals surface area contributed by atoms with Gasteiger partial charge in [-0.3, -0.25) is 14.2 Å². The molecule has 0 fully saturated rings. The van der Waals surface area contributed by atoms with Gasteiger partial charge in [0, 0.05) is 35.9 Å². The van der Waals surface area contributed by atoms with Gasteiger partial charge >= 0.3 is 0 Å². The lowest BCUT2D eigenvalue weighted by Gasteiger charge is -2.11. The van der Waals surface area contributed by atoms with E-state index < -0.39 is 0 Å². The Labute approximate surface area is 203 Å². The Morgan fingerprint density at radius 1 is 0.971 bits per heavy atom. The van der Waals surface area contributed by atoms with Crippen molar-refractivity contribution in [2.45, 2.75) is 25.5 Å². The highest BCUT2D eigenvalue weighted by Crippen LogP contribution is 2.22. The quantitative estimate of drug-likeness (QED) is 0.349. The van der Waals surface area contributed by atoms with E-state index in [1.54, 1.807) is 12.3 Å². The number of rotatable bonds is 8. The number of carbonyl (C=O) groups is 2. The molecule has 0 saturated carbocycles. The van der Waals surface area contributed by atoms with Crippen LogP contribution in [0.15, 0.2) is 90.3 Å². The summed E-state index contributed by atoms with van der Waals surface area (Å²) in [6.45, 7) is 4.47. The topological polar surface area (TPSA) is 76.0 Å². The number of carbonyl (C=O) groups excluding carboxylic acids is 2. The first-order valence-electron chi connectivity index (χ1n) is 11.0. The van der Waals surface area contributed by atoms with Gasteiger partial charge in [0.05, 0.1) is 5.75 Å². The lowest BCUT2D eigenvalue weighted by atomic mass is 10.1. The summed E-state index contributed by atoms with van der Waals surface area (Å²) in [5.41, 5.74) is 5.41. The predicted octanol–water partition coefficient (Wildman–Crippen LogP) is 5.15. The molecule has 0 atom stereocenters. The Kier molecular flexibility index (Phi) is 7.44. The van der Waals surface area contributed by atoms with Crippen LogP contribution in [0, 0.1) is 13.8 Å². The van der Waals surface area contributed by atoms with Crippen LogP contribution in [0.25, 0.3) is 5.69 Å². The van der Waals surface area contributed by atoms with Gasteiger partial charge in [0.2, 0.25) is 5.91 Å². The fourth-order valence-corrected chi connectivity index (χ4v) is 4.31. The lowest BCUT2D eigenvalue weighted by Crippen LogP contribution is -2.22. The number of aromatic nitrogens is 2. The molecule has 0 unspecified atom stereocenters. The molecule has 0 aliphatic rings. The van der Waals surface area contributed by atoms with Gasteiger partial charge in [-0.2, -0.15) is 0 Å². The van der Waals surface area contributed by atoms with Crippen molar-refractivity contribution in [2.24, 2.45) is 0 Å². The minimum Gasteiger partial charge on any atom is -0.348 e. The minimum absolute atomic E-state index is 0.0967. The highest BCUT2D eigenvalue weighted by Gasteiger charge is 2.12. The van der Waals surface area contributed by atoms with Crippen LogP contribution in [0.3, 0.4) is 0 Å². The summed E-state index contributed by atoms with van der Waals surface area (Å²) in [5.74, 6) is -0.0184. The van der Waals surface area contributed by atoms with Gasteiger partial charge in [-0.05, 0) is 49.2 Å². The second kappa shape index (κ2) is 10.9. The fraction of sp³-hybridized carbons (Fsp3) is 0.148. The third-order valence-electron chi connectivity index (χ3n) is 5.28. The standard InChI is InChI=1S/C27H26N4O2S/c1-19-11-12-24(20(2)15-19)30-25(32)18-34-27-28-13-14-31(27)23-10-6-9-22(16-23)26(33)29-17-21-7-4-3-5-8-21/h3-16H,17-18H2,1-2H3,(H,29,33)(H,30,32). The van der Waals surface area contributed by atoms with Crippen LogP contribution in [0.5, 0.6) is 0 Å². The number of imidazole rings is 1. The van der Waals surface area contributed by atoms with Gasteiger partial charge in [0.25, 0.3) is 5.91 Å². The second-order valence-corrected chi connectivity index (χ2v) is 8.90. The van der Waals surface area contributed by atoms with Crippen molar-refractivity contribution >= 4 is 29.3 Å². The first-order chi connectivity index (χ1) is 16.5. The van der Waals surface area contributed by atoms with E-state index in [1.165, 1.54) is 11.8 Å². The molecular formula is C27H26N4O2S. The molecule has 0 saturated heterocycles. The molecule has 2 amide bonds. The Bertz CT molecular complexity index is 1300. The van der Waals surface area contributed by atoms with Crippen molar-refractivity contribution < 1.29 is 9.59 Å². The summed E-state index contributed by atoms with van der Waals surface area (Å²) >= 11 is 1.35. The van der Waals surface area contributed by atoms with Crippen LogP contribution in [-0.4, -0.2) is 27.1 Å². The maximum Gasteiger partial charge on any atom is 0.251 e. The van der Waals surface area contributed by atoms with Gasteiger partial charge in [-0.15, -0.1) is 0 Å². The second-order valence-electron chi connectivity index (χ2n) is 7.95. The number of nitrogens with one attached hydrogen (secondary N) is 2. The van der Waals surface area contributed by atoms with Gasteiger partial charge in [0.15, 0.2) is 5.16 Å². The zero-order chi connectivity index (χ0) is 23.9. The van der Waals surface area contributed by atoms with Crippen LogP contribution in [0.2, 0.25) is 0 Å². The molecule has 2 N–H and O–H groups in total. The van der Waals surface area contributed by atoms with Crippen molar-refractivity contribution in [1.82, 2.24) is 14.9 Å². The Balaban J connectivity index is 1.39. The molecule has 0 radical (unpaired) electrons. The number of hydrogen-bond acceptors (Lipinski definition) is 4. The summed E-state index contributed by atoms with van der Waals surface area (Å²) in [6, 6.07) is 23.1. The number of anilines is 1. The summed E-state index contributed by atoms with van der Waals surface area (Å²) in [7, 11) is 0. The maximum absolute atomic E-state index is 12.7. The van der Waals surface area contributed by atoms with E-state index in [1.807, 2.05) is 91.3 Å². The van der Waals surface area contributed by atoms with E-state index in [4.69, 9.17) is 0 Å². The molecule has 1 aromatic heterocycles. The number of nitrogens with zero attached hydrogens (tertiary/aromatic N) is 2. The van der Waals surface area contributed by atoms with Crippen LogP contribution in [0.1, 0.15) is 27.0 Å². The zero-order valence-electron chi connectivity index (χ0n) is 19.1. The molecule has 4 rings (SSSR count). The van der Waals surface area contributed by atoms with E-state index in [-0.39, 0.29) is 17.6 Å². The van der Waals surface area contributed by atoms with Crippen LogP contribution >= 0.6 is 11.8 Å². The lowest BCUT2D eigenvalue weighted by molar-refractivity contribution is -0.113. The molecule has 0 bridgehead atoms. The molecular weight excluding hydrogens is 444 g/mol. The zero-order valence-corrected chi connectivity index (χ0v) is 19.9. The Morgan fingerprint density at radius 2 is 1.79 bits per heavy atom. The molecule has 6 nitrogen and oxygen atoms in total. The van der Waals surface area contributed by atoms with E-state index in [0.717, 1.165) is 28.1 Å². The molecule has 0 spiro atoms. The van der Waals surface area contributed by atoms with Crippen molar-refractivity contribution in [3.8, 4) is 5.69 Å². The summed E-state index contributed by atoms with van der Waals surface area (Å²) < 4.78 is 1.88. The first-order valence-corrected chi connectivity index (χ1v) is 11.9. The van der Waals surface area contributed by atoms with E-state index >= 15 is 0 Å². The van der Waals surface area contributed by atoms with Crippen molar-refractivity contribution in [3.05, 3.63) is 107 Å². The third kappa shape index (κ3) is 5.94. The predicted molar refractivity (Wildman–Crippen MR) is 136 cm³/mol. The van der Waals surface area contributed by atoms with Gasteiger partial charge in [0.1, 0.15) is 0 Å². The Morgan fingerprint density at radius 3 is 2.59 bits per heavy atom. The number of aryl methyl sites for hydroxylation is 2. The van der Waals surface area contributed by atoms with Crippen LogP contribution in [0.4, 0.5) is 5.69 Å². The third-order valence-corrected chi connectivity index (χ3v) is 6.24. The average molecular weight is 471 g/mol. The molecule has 0 aliphatic carbocycles. The van der Waals surface area contributed by atoms with Crippen molar-refractivity contribution in [1.29, 1.82) is 0 Å². The largest absolute Gasteiger partial charge is 0.348 e. The molecule has 3 aromatic carbocycles. The molecule has 172 valence electrons. The van der Waals surface area contributed by atoms with Gasteiger partial charge < -0.3 is 10.6 Å². The molecule has 1 heterocycles. The normalized spacial score (nSPS) is 10.6. The Hall–Kier alpha value is -3.84. The minimum atomic E-state index is -0.145. The van der Waals surface area contributed by atoms with Crippen LogP contribution < -0.4 is 10.6 Å². The number of benzene rings is 3. The fourth-order valence-electron chi connectivity index (χ4n) is 3.54. The molecule has 34 heavy (non-hydrogen) atoms. The van der Waals surface area contributed by atoms with Crippen molar-refractivity contribution in [3.63, 3.8) is 0 Å². The maximum atomic E-state index is 12.7. The van der Waals surface area contributed by atoms with Crippen LogP contribution in [-0.2, 0) is 11.3 Å². The van der Waals surface area contributed by atoms with E-state index in [2.05, 4.69) is 15.6 Å². The summed E-state index contributed by atoms with van der Waals surface area (Å²) in [4.78, 5) is 29.6. The smallest absolute Gasteiger partial charge is 0.251 e. The van der Waals surface area contributed by atoms with Gasteiger partial charge in [-0.1, -0.05) is 65.9 Å². The highest BCUT2D eigenvalue weighted by atomic mass is 32.2. The first kappa shape index (κ1) is 23.3. The SMILES string of the molecule is Cc1ccc(NC(=O)CSc2nccn2-c2cccc(C(=O)NCc3ccccc3)c2)c(C)c1. The monoisotopic (exact) mass is 470 g/mol. The van der Waals surface area contributed by atoms with Crippen molar-refractivity contribution in [2.75, 3.05) is 11.1 Å². The summed E-state index contributed by atoms with van der Waals surface area (Å²) in [5, 5.41) is 6.59. The summed E-state index contributed by atoms with van der Waals surface area (Å²) in [6.07, 6.45) is 3.51. The molecule has 4 aromatic rings. The number of hydrogen-bond donors (Lipinski definition) is 2. The van der Waals surface area contributed by atoms with E-state index in [0.29, 0.717) is 17.3 Å². The highest BCUT2D eigenvalue weighted by molar-refractivity contribution is 7.99. The number of amides is 2. The average Bonchev–Trinajstić information content (AvgIpc) is 3.32. The molecule has 0 aliphatic heterocycles. The van der Waals surface area contributed by atoms with Gasteiger partial charge in [-0.25, -0.2) is 4.98 Å².